The molecule has 0 bridgehead atoms. The van der Waals surface area contributed by atoms with Crippen LogP contribution in [-0.4, -0.2) is 6.03 Å². The van der Waals surface area contributed by atoms with Crippen LogP contribution in [0.5, 0.6) is 0 Å². The Kier molecular flexibility index (Phi) is 4.25. The summed E-state index contributed by atoms with van der Waals surface area (Å²) in [5, 5.41) is 3.55. The Morgan fingerprint density at radius 2 is 0.909 bits per heavy atom. The van der Waals surface area contributed by atoms with E-state index in [4.69, 9.17) is 0 Å². The highest BCUT2D eigenvalue weighted by molar-refractivity contribution is 5.99. The van der Waals surface area contributed by atoms with E-state index in [0.29, 0.717) is 12.1 Å². The summed E-state index contributed by atoms with van der Waals surface area (Å²) >= 11 is 0. The Labute approximate surface area is 119 Å². The fourth-order valence-electron chi connectivity index (χ4n) is 1.51. The van der Waals surface area contributed by atoms with Crippen molar-refractivity contribution in [1.82, 2.24) is 0 Å². The van der Waals surface area contributed by atoms with Crippen LogP contribution in [0.1, 0.15) is 0 Å². The predicted octanol–water partition coefficient (Wildman–Crippen LogP) is 4.17. The molecule has 0 aliphatic rings. The van der Waals surface area contributed by atoms with E-state index in [1.54, 1.807) is 10.6 Å². The molecule has 0 spiro atoms. The van der Waals surface area contributed by atoms with Crippen molar-refractivity contribution in [2.45, 2.75) is 0 Å². The molecule has 9 heteroatoms. The largest absolute Gasteiger partial charge is 0.323 e. The van der Waals surface area contributed by atoms with Gasteiger partial charge in [-0.25, -0.2) is 31.1 Å². The lowest BCUT2D eigenvalue weighted by molar-refractivity contribution is 0.262. The Bertz CT molecular complexity index is 688. The molecule has 0 saturated carbocycles. The molecule has 0 aliphatic carbocycles. The number of halogens is 6. The third-order valence-corrected chi connectivity index (χ3v) is 2.52. The molecule has 0 atom stereocenters. The molecule has 22 heavy (non-hydrogen) atoms. The molecule has 3 nitrogen and oxygen atoms in total. The summed E-state index contributed by atoms with van der Waals surface area (Å²) in [5.74, 6) is -8.32. The monoisotopic (exact) mass is 320 g/mol. The van der Waals surface area contributed by atoms with E-state index in [9.17, 15) is 31.1 Å². The van der Waals surface area contributed by atoms with Crippen molar-refractivity contribution >= 4 is 17.4 Å². The maximum absolute atomic E-state index is 13.3. The molecule has 2 N–H and O–H groups in total. The highest BCUT2D eigenvalue weighted by atomic mass is 19.2. The minimum atomic E-state index is -1.46. The van der Waals surface area contributed by atoms with Gasteiger partial charge in [0.15, 0.2) is 23.3 Å². The number of hydrogen-bond donors (Lipinski definition) is 2. The van der Waals surface area contributed by atoms with E-state index < -0.39 is 52.3 Å². The molecule has 2 rings (SSSR count). The zero-order valence-electron chi connectivity index (χ0n) is 10.5. The van der Waals surface area contributed by atoms with Crippen LogP contribution in [0.2, 0.25) is 0 Å². The fourth-order valence-corrected chi connectivity index (χ4v) is 1.51. The molecule has 0 aromatic heterocycles. The Morgan fingerprint density at radius 1 is 0.591 bits per heavy atom. The van der Waals surface area contributed by atoms with E-state index in [-0.39, 0.29) is 12.1 Å². The molecular formula is C13H6F6N2O. The van der Waals surface area contributed by atoms with Gasteiger partial charge in [0.1, 0.15) is 11.6 Å². The van der Waals surface area contributed by atoms with Gasteiger partial charge in [-0.1, -0.05) is 0 Å². The number of anilines is 2. The van der Waals surface area contributed by atoms with Crippen molar-refractivity contribution in [3.05, 3.63) is 59.2 Å². The molecule has 0 aliphatic heterocycles. The van der Waals surface area contributed by atoms with Crippen molar-refractivity contribution < 1.29 is 31.1 Å². The summed E-state index contributed by atoms with van der Waals surface area (Å²) in [6, 6.07) is -0.140. The molecule has 0 saturated heterocycles. The van der Waals surface area contributed by atoms with Gasteiger partial charge in [-0.15, -0.1) is 0 Å². The second-order valence-corrected chi connectivity index (χ2v) is 4.07. The average molecular weight is 320 g/mol. The zero-order valence-corrected chi connectivity index (χ0v) is 10.5. The molecule has 0 unspecified atom stereocenters. The van der Waals surface area contributed by atoms with Crippen LogP contribution in [0.4, 0.5) is 42.5 Å². The van der Waals surface area contributed by atoms with E-state index in [1.165, 1.54) is 0 Å². The number of carbonyl (C=O) groups is 1. The lowest BCUT2D eigenvalue weighted by Gasteiger charge is -2.10. The SMILES string of the molecule is O=C(Nc1cc(F)c(F)cc1F)Nc1cc(F)c(F)cc1F. The molecule has 116 valence electrons. The van der Waals surface area contributed by atoms with Gasteiger partial charge in [-0.2, -0.15) is 0 Å². The second kappa shape index (κ2) is 5.96. The number of hydrogen-bond acceptors (Lipinski definition) is 1. The fraction of sp³-hybridized carbons (Fsp3) is 0. The number of rotatable bonds is 2. The molecule has 0 heterocycles. The van der Waals surface area contributed by atoms with Crippen LogP contribution >= 0.6 is 0 Å². The summed E-state index contributed by atoms with van der Waals surface area (Å²) in [6.07, 6.45) is 0. The summed E-state index contributed by atoms with van der Waals surface area (Å²) < 4.78 is 77.9. The molecule has 2 aromatic rings. The topological polar surface area (TPSA) is 41.1 Å². The van der Waals surface area contributed by atoms with E-state index >= 15 is 0 Å². The summed E-state index contributed by atoms with van der Waals surface area (Å²) in [6.45, 7) is 0. The normalized spacial score (nSPS) is 10.5. The Hall–Kier alpha value is -2.71. The van der Waals surface area contributed by atoms with Crippen LogP contribution in [0.3, 0.4) is 0 Å². The number of benzene rings is 2. The Balaban J connectivity index is 2.17. The molecule has 2 amide bonds. The lowest BCUT2D eigenvalue weighted by Crippen LogP contribution is -2.21. The van der Waals surface area contributed by atoms with Gasteiger partial charge in [0.05, 0.1) is 11.4 Å². The van der Waals surface area contributed by atoms with Crippen LogP contribution < -0.4 is 10.6 Å². The number of carbonyl (C=O) groups excluding carboxylic acids is 1. The minimum absolute atomic E-state index is 0.198. The first-order valence-corrected chi connectivity index (χ1v) is 5.65. The Morgan fingerprint density at radius 3 is 1.27 bits per heavy atom. The van der Waals surface area contributed by atoms with Crippen molar-refractivity contribution in [3.63, 3.8) is 0 Å². The molecular weight excluding hydrogens is 314 g/mol. The third kappa shape index (κ3) is 3.30. The van der Waals surface area contributed by atoms with Crippen LogP contribution in [0.15, 0.2) is 24.3 Å². The van der Waals surface area contributed by atoms with E-state index in [1.807, 2.05) is 0 Å². The van der Waals surface area contributed by atoms with Gasteiger partial charge in [0.25, 0.3) is 0 Å². The van der Waals surface area contributed by atoms with E-state index in [2.05, 4.69) is 0 Å². The smallest absolute Gasteiger partial charge is 0.305 e. The van der Waals surface area contributed by atoms with Crippen LogP contribution in [-0.2, 0) is 0 Å². The lowest BCUT2D eigenvalue weighted by atomic mass is 10.2. The minimum Gasteiger partial charge on any atom is -0.305 e. The highest BCUT2D eigenvalue weighted by Crippen LogP contribution is 2.21. The first kappa shape index (κ1) is 15.7. The molecule has 0 fully saturated rings. The van der Waals surface area contributed by atoms with Crippen LogP contribution in [0, 0.1) is 34.9 Å². The van der Waals surface area contributed by atoms with Crippen molar-refractivity contribution in [2.24, 2.45) is 0 Å². The maximum Gasteiger partial charge on any atom is 0.323 e. The van der Waals surface area contributed by atoms with Crippen molar-refractivity contribution in [1.29, 1.82) is 0 Å². The number of urea groups is 1. The highest BCUT2D eigenvalue weighted by Gasteiger charge is 2.15. The quantitative estimate of drug-likeness (QED) is 0.633. The van der Waals surface area contributed by atoms with E-state index in [0.717, 1.165) is 0 Å². The first-order chi connectivity index (χ1) is 10.3. The van der Waals surface area contributed by atoms with Gasteiger partial charge in [-0.3, -0.25) is 0 Å². The third-order valence-electron chi connectivity index (χ3n) is 2.52. The summed E-state index contributed by atoms with van der Waals surface area (Å²) in [5.41, 5.74) is -1.45. The van der Waals surface area contributed by atoms with Gasteiger partial charge in [-0.05, 0) is 0 Å². The van der Waals surface area contributed by atoms with Crippen molar-refractivity contribution in [3.8, 4) is 0 Å². The van der Waals surface area contributed by atoms with Crippen molar-refractivity contribution in [2.75, 3.05) is 10.6 Å². The first-order valence-electron chi connectivity index (χ1n) is 5.65. The zero-order chi connectivity index (χ0) is 16.4. The standard InChI is InChI=1S/C13H6F6N2O/c14-5-1-9(18)11(3-7(5)16)20-13(22)21-12-4-8(17)6(15)2-10(12)19/h1-4H,(H2,20,21,22). The van der Waals surface area contributed by atoms with Gasteiger partial charge >= 0.3 is 6.03 Å². The second-order valence-electron chi connectivity index (χ2n) is 4.07. The summed E-state index contributed by atoms with van der Waals surface area (Å²) in [7, 11) is 0. The van der Waals surface area contributed by atoms with Gasteiger partial charge in [0.2, 0.25) is 0 Å². The van der Waals surface area contributed by atoms with Gasteiger partial charge < -0.3 is 10.6 Å². The maximum atomic E-state index is 13.3. The predicted molar refractivity (Wildman–Crippen MR) is 65.3 cm³/mol. The molecule has 2 aromatic carbocycles. The van der Waals surface area contributed by atoms with Crippen LogP contribution in [0.25, 0.3) is 0 Å². The number of nitrogens with one attached hydrogen (secondary N) is 2. The number of amides is 2. The average Bonchev–Trinajstić information content (AvgIpc) is 2.42. The van der Waals surface area contributed by atoms with Gasteiger partial charge in [0, 0.05) is 24.3 Å². The summed E-state index contributed by atoms with van der Waals surface area (Å²) in [4.78, 5) is 11.5. The molecule has 0 radical (unpaired) electrons.